The van der Waals surface area contributed by atoms with Gasteiger partial charge in [0, 0.05) is 17.1 Å². The minimum absolute atomic E-state index is 0. The summed E-state index contributed by atoms with van der Waals surface area (Å²) in [5, 5.41) is 0. The van der Waals surface area contributed by atoms with Crippen LogP contribution in [0.25, 0.3) is 0 Å². The zero-order valence-electron chi connectivity index (χ0n) is 4.46. The van der Waals surface area contributed by atoms with Gasteiger partial charge >= 0.3 is 2.85 Å². The molecule has 0 rings (SSSR count). The van der Waals surface area contributed by atoms with Gasteiger partial charge in [0.2, 0.25) is 0 Å². The first-order valence-corrected chi connectivity index (χ1v) is 2.19. The molecule has 0 aromatic carbocycles. The van der Waals surface area contributed by atoms with E-state index in [-0.39, 0.29) is 19.9 Å². The smallest absolute Gasteiger partial charge is 0.822 e. The summed E-state index contributed by atoms with van der Waals surface area (Å²) in [6.07, 6.45) is 0. The van der Waals surface area contributed by atoms with E-state index in [1.165, 1.54) is 0 Å². The van der Waals surface area contributed by atoms with Gasteiger partial charge in [-0.05, 0) is 0 Å². The molecule has 0 aromatic rings. The third-order valence-corrected chi connectivity index (χ3v) is 0. The molecule has 0 unspecified atom stereocenters. The molecule has 6 heavy (non-hydrogen) atoms. The summed E-state index contributed by atoms with van der Waals surface area (Å²) in [5.74, 6) is 0. The summed E-state index contributed by atoms with van der Waals surface area (Å²) < 4.78 is 8.55. The van der Waals surface area contributed by atoms with Crippen LogP contribution in [0.2, 0.25) is 0 Å². The molecular formula is H2MnO4P-. The summed E-state index contributed by atoms with van der Waals surface area (Å²) in [4.78, 5) is 25.6. The Labute approximate surface area is 47.9 Å². The summed E-state index contributed by atoms with van der Waals surface area (Å²) in [5.41, 5.74) is 0. The average Bonchev–Trinajstić information content (AvgIpc) is 0.722. The Balaban J connectivity index is -0.0000000267. The Bertz CT molecular complexity index is 60.2. The zero-order valence-corrected chi connectivity index (χ0v) is 4.53. The molecule has 0 aromatic heterocycles. The van der Waals surface area contributed by atoms with Crippen LogP contribution in [0.3, 0.4) is 0 Å². The minimum atomic E-state index is -5.39. The van der Waals surface area contributed by atoms with Crippen molar-refractivity contribution < 1.29 is 39.2 Å². The molecule has 0 bridgehead atoms. The number of hydrogen-bond acceptors (Lipinski definition) is 4. The van der Waals surface area contributed by atoms with Gasteiger partial charge in [-0.2, -0.15) is 7.82 Å². The first-order chi connectivity index (χ1) is 2.00. The van der Waals surface area contributed by atoms with Crippen molar-refractivity contribution in [3.63, 3.8) is 0 Å². The zero-order chi connectivity index (χ0) is 4.50. The fourth-order valence-corrected chi connectivity index (χ4v) is 0. The van der Waals surface area contributed by atoms with Crippen LogP contribution in [-0.2, 0) is 21.6 Å². The largest absolute Gasteiger partial charge is 1.00 e. The van der Waals surface area contributed by atoms with E-state index in [9.17, 15) is 0 Å². The maximum atomic E-state index is 8.55. The second kappa shape index (κ2) is 2.75. The predicted molar refractivity (Wildman–Crippen MR) is 9.83 cm³/mol. The van der Waals surface area contributed by atoms with Crippen LogP contribution in [0.1, 0.15) is 2.85 Å². The van der Waals surface area contributed by atoms with Gasteiger partial charge < -0.3 is 19.2 Å². The normalized spacial score (nSPS) is 9.83. The Kier molecular flexibility index (Phi) is 4.49. The van der Waals surface area contributed by atoms with E-state index in [0.717, 1.165) is 0 Å². The van der Waals surface area contributed by atoms with Gasteiger partial charge in [-0.15, -0.1) is 0 Å². The van der Waals surface area contributed by atoms with Crippen molar-refractivity contribution in [1.82, 2.24) is 0 Å². The molecule has 0 fully saturated rings. The SMILES string of the molecule is O=P([O-])([O-])[O-].[H+].[H+].[Mn]. The monoisotopic (exact) mass is 152 g/mol. The third-order valence-electron chi connectivity index (χ3n) is 0. The molecule has 0 N–H and O–H groups in total. The predicted octanol–water partition coefficient (Wildman–Crippen LogP) is -2.60. The van der Waals surface area contributed by atoms with Gasteiger partial charge in [0.25, 0.3) is 0 Å². The molecule has 0 spiro atoms. The van der Waals surface area contributed by atoms with Crippen LogP contribution >= 0.6 is 7.82 Å². The molecule has 0 amide bonds. The van der Waals surface area contributed by atoms with Crippen molar-refractivity contribution in [2.45, 2.75) is 0 Å². The van der Waals surface area contributed by atoms with E-state index in [2.05, 4.69) is 0 Å². The standard InChI is InChI=1S/Mn.H3O4P/c;1-5(2,3)4/h;(H3,1,2,3,4)/p-1. The van der Waals surface area contributed by atoms with E-state index in [4.69, 9.17) is 19.2 Å². The second-order valence-corrected chi connectivity index (χ2v) is 1.34. The average molecular weight is 152 g/mol. The van der Waals surface area contributed by atoms with Crippen molar-refractivity contribution in [3.05, 3.63) is 0 Å². The van der Waals surface area contributed by atoms with Crippen LogP contribution in [-0.4, -0.2) is 0 Å². The van der Waals surface area contributed by atoms with E-state index in [1.807, 2.05) is 0 Å². The summed E-state index contributed by atoms with van der Waals surface area (Å²) in [6, 6.07) is 0. The van der Waals surface area contributed by atoms with Crippen LogP contribution in [0.5, 0.6) is 0 Å². The molecule has 0 saturated carbocycles. The van der Waals surface area contributed by atoms with E-state index >= 15 is 0 Å². The fraction of sp³-hybridized carbons (Fsp3) is 0. The van der Waals surface area contributed by atoms with Gasteiger partial charge in [-0.25, -0.2) is 0 Å². The van der Waals surface area contributed by atoms with Crippen molar-refractivity contribution in [2.75, 3.05) is 0 Å². The Morgan fingerprint density at radius 2 is 1.33 bits per heavy atom. The molecular weight excluding hydrogens is 150 g/mol. The fourth-order valence-electron chi connectivity index (χ4n) is 0. The topological polar surface area (TPSA) is 86.2 Å². The third kappa shape index (κ3) is 154. The number of hydrogen-bond donors (Lipinski definition) is 0. The van der Waals surface area contributed by atoms with Gasteiger partial charge in [-0.3, -0.25) is 0 Å². The summed E-state index contributed by atoms with van der Waals surface area (Å²) >= 11 is 0. The molecule has 0 aliphatic carbocycles. The van der Waals surface area contributed by atoms with Gasteiger partial charge in [-0.1, -0.05) is 0 Å². The molecule has 1 radical (unpaired) electrons. The summed E-state index contributed by atoms with van der Waals surface area (Å²) in [6.45, 7) is 0. The summed E-state index contributed by atoms with van der Waals surface area (Å²) in [7, 11) is -5.39. The van der Waals surface area contributed by atoms with Gasteiger partial charge in [0.05, 0.1) is 0 Å². The van der Waals surface area contributed by atoms with Crippen LogP contribution in [0.4, 0.5) is 0 Å². The van der Waals surface area contributed by atoms with Crippen molar-refractivity contribution in [1.29, 1.82) is 0 Å². The van der Waals surface area contributed by atoms with Crippen LogP contribution in [0.15, 0.2) is 0 Å². The van der Waals surface area contributed by atoms with Gasteiger partial charge in [0.15, 0.2) is 0 Å². The molecule has 6 heteroatoms. The minimum Gasteiger partial charge on any atom is -0.822 e. The van der Waals surface area contributed by atoms with Crippen LogP contribution < -0.4 is 14.7 Å². The number of phosphoric acid groups is 1. The maximum absolute atomic E-state index is 8.55. The van der Waals surface area contributed by atoms with Crippen molar-refractivity contribution >= 4 is 7.82 Å². The van der Waals surface area contributed by atoms with Gasteiger partial charge in [0.1, 0.15) is 0 Å². The van der Waals surface area contributed by atoms with Crippen molar-refractivity contribution in [2.24, 2.45) is 0 Å². The van der Waals surface area contributed by atoms with E-state index in [0.29, 0.717) is 0 Å². The molecule has 0 saturated heterocycles. The molecule has 0 heterocycles. The molecule has 0 aliphatic heterocycles. The second-order valence-electron chi connectivity index (χ2n) is 0.447. The number of rotatable bonds is 0. The molecule has 0 aliphatic rings. The first kappa shape index (κ1) is 9.80. The quantitative estimate of drug-likeness (QED) is 0.281. The molecule has 0 atom stereocenters. The maximum Gasteiger partial charge on any atom is 1.00 e. The Hall–Kier alpha value is 0.629. The first-order valence-electron chi connectivity index (χ1n) is 0.730. The van der Waals surface area contributed by atoms with Crippen molar-refractivity contribution in [3.8, 4) is 0 Å². The molecule has 4 nitrogen and oxygen atoms in total. The molecule has 39 valence electrons. The van der Waals surface area contributed by atoms with E-state index in [1.54, 1.807) is 0 Å². The van der Waals surface area contributed by atoms with Crippen LogP contribution in [0, 0.1) is 0 Å². The Morgan fingerprint density at radius 3 is 1.33 bits per heavy atom. The Morgan fingerprint density at radius 1 is 1.33 bits per heavy atom. The van der Waals surface area contributed by atoms with E-state index < -0.39 is 7.82 Å².